The third kappa shape index (κ3) is 4.47. The van der Waals surface area contributed by atoms with Crippen molar-refractivity contribution in [3.63, 3.8) is 0 Å². The summed E-state index contributed by atoms with van der Waals surface area (Å²) in [6.45, 7) is 3.36. The number of amides is 1. The molecule has 150 valence electrons. The third-order valence-electron chi connectivity index (χ3n) is 4.94. The minimum Gasteiger partial charge on any atom is -0.339 e. The zero-order chi connectivity index (χ0) is 20.2. The van der Waals surface area contributed by atoms with E-state index in [2.05, 4.69) is 22.1 Å². The van der Waals surface area contributed by atoms with E-state index in [1.165, 1.54) is 11.8 Å². The Labute approximate surface area is 179 Å². The number of aromatic nitrogens is 3. The van der Waals surface area contributed by atoms with Gasteiger partial charge in [-0.1, -0.05) is 53.7 Å². The van der Waals surface area contributed by atoms with Crippen LogP contribution >= 0.6 is 23.4 Å². The third-order valence-corrected chi connectivity index (χ3v) is 6.19. The first-order valence-electron chi connectivity index (χ1n) is 9.48. The molecule has 6 nitrogen and oxygen atoms in total. The number of carbonyl (C=O) groups excluding carboxylic acids is 1. The largest absolute Gasteiger partial charge is 0.339 e. The lowest BCUT2D eigenvalue weighted by Crippen LogP contribution is -2.47. The van der Waals surface area contributed by atoms with E-state index in [1.54, 1.807) is 0 Å². The van der Waals surface area contributed by atoms with Gasteiger partial charge in [0.15, 0.2) is 11.0 Å². The van der Waals surface area contributed by atoms with Gasteiger partial charge in [0.2, 0.25) is 5.91 Å². The summed E-state index contributed by atoms with van der Waals surface area (Å²) in [5, 5.41) is 10.1. The van der Waals surface area contributed by atoms with Gasteiger partial charge in [-0.15, -0.1) is 10.2 Å². The zero-order valence-electron chi connectivity index (χ0n) is 16.2. The Morgan fingerprint density at radius 1 is 1.00 bits per heavy atom. The minimum atomic E-state index is 0.130. The molecule has 1 fully saturated rings. The van der Waals surface area contributed by atoms with Gasteiger partial charge >= 0.3 is 0 Å². The molecule has 1 amide bonds. The van der Waals surface area contributed by atoms with Gasteiger partial charge in [-0.25, -0.2) is 0 Å². The highest BCUT2D eigenvalue weighted by atomic mass is 35.5. The second kappa shape index (κ2) is 8.98. The minimum absolute atomic E-state index is 0.130. The quantitative estimate of drug-likeness (QED) is 0.584. The van der Waals surface area contributed by atoms with E-state index in [0.29, 0.717) is 21.8 Å². The molecule has 4 rings (SSSR count). The normalized spacial score (nSPS) is 14.9. The summed E-state index contributed by atoms with van der Waals surface area (Å²) >= 11 is 7.82. The van der Waals surface area contributed by atoms with Crippen molar-refractivity contribution < 1.29 is 4.79 Å². The predicted octanol–water partition coefficient (Wildman–Crippen LogP) is 3.45. The van der Waals surface area contributed by atoms with Crippen molar-refractivity contribution in [1.82, 2.24) is 24.6 Å². The molecule has 1 aliphatic rings. The van der Waals surface area contributed by atoms with Crippen molar-refractivity contribution >= 4 is 29.3 Å². The summed E-state index contributed by atoms with van der Waals surface area (Å²) in [5.41, 5.74) is 1.74. The molecule has 0 bridgehead atoms. The van der Waals surface area contributed by atoms with E-state index in [0.717, 1.165) is 37.4 Å². The van der Waals surface area contributed by atoms with Gasteiger partial charge in [-0.3, -0.25) is 9.36 Å². The van der Waals surface area contributed by atoms with E-state index in [-0.39, 0.29) is 5.91 Å². The van der Waals surface area contributed by atoms with Gasteiger partial charge in [-0.2, -0.15) is 0 Å². The summed E-state index contributed by atoms with van der Waals surface area (Å²) in [6, 6.07) is 17.5. The molecule has 0 atom stereocenters. The van der Waals surface area contributed by atoms with Crippen LogP contribution in [-0.4, -0.2) is 69.5 Å². The molecule has 1 saturated heterocycles. The maximum Gasteiger partial charge on any atom is 0.233 e. The van der Waals surface area contributed by atoms with Gasteiger partial charge < -0.3 is 9.80 Å². The Bertz CT molecular complexity index is 986. The van der Waals surface area contributed by atoms with Crippen molar-refractivity contribution in [3.8, 4) is 17.1 Å². The first-order chi connectivity index (χ1) is 14.1. The number of para-hydroxylation sites is 1. The molecular weight excluding hydrogens is 406 g/mol. The molecule has 2 aromatic carbocycles. The molecule has 8 heteroatoms. The molecule has 1 aliphatic heterocycles. The van der Waals surface area contributed by atoms with Gasteiger partial charge in [0.05, 0.1) is 10.8 Å². The molecule has 3 aromatic rings. The van der Waals surface area contributed by atoms with Crippen LogP contribution in [0.2, 0.25) is 5.02 Å². The number of rotatable bonds is 5. The molecule has 1 aromatic heterocycles. The average Bonchev–Trinajstić information content (AvgIpc) is 3.17. The van der Waals surface area contributed by atoms with Gasteiger partial charge in [0, 0.05) is 37.4 Å². The molecule has 0 unspecified atom stereocenters. The lowest BCUT2D eigenvalue weighted by atomic mass is 10.2. The molecule has 0 spiro atoms. The Hall–Kier alpha value is -2.35. The number of likely N-dealkylation sites (N-methyl/N-ethyl adjacent to an activating group) is 1. The summed E-state index contributed by atoms with van der Waals surface area (Å²) in [5.74, 6) is 1.12. The van der Waals surface area contributed by atoms with Crippen LogP contribution in [0.5, 0.6) is 0 Å². The lowest BCUT2D eigenvalue weighted by molar-refractivity contribution is -0.129. The SMILES string of the molecule is CN1CCN(C(=O)CSc2nnc(-c3ccccc3Cl)n2-c2ccccc2)CC1. The summed E-state index contributed by atoms with van der Waals surface area (Å²) < 4.78 is 1.96. The predicted molar refractivity (Wildman–Crippen MR) is 117 cm³/mol. The molecule has 0 N–H and O–H groups in total. The fourth-order valence-electron chi connectivity index (χ4n) is 3.26. The first kappa shape index (κ1) is 19.9. The van der Waals surface area contributed by atoms with E-state index in [4.69, 9.17) is 11.6 Å². The van der Waals surface area contributed by atoms with Gasteiger partial charge in [0.25, 0.3) is 0 Å². The lowest BCUT2D eigenvalue weighted by Gasteiger charge is -2.32. The molecular formula is C21H22ClN5OS. The summed E-state index contributed by atoms with van der Waals surface area (Å²) in [7, 11) is 2.08. The van der Waals surface area contributed by atoms with Crippen LogP contribution in [0.4, 0.5) is 0 Å². The second-order valence-electron chi connectivity index (χ2n) is 6.93. The number of nitrogens with zero attached hydrogens (tertiary/aromatic N) is 5. The van der Waals surface area contributed by atoms with Crippen molar-refractivity contribution in [2.24, 2.45) is 0 Å². The second-order valence-corrected chi connectivity index (χ2v) is 8.28. The van der Waals surface area contributed by atoms with E-state index in [1.807, 2.05) is 64.1 Å². The van der Waals surface area contributed by atoms with Crippen molar-refractivity contribution in [3.05, 3.63) is 59.6 Å². The molecule has 0 saturated carbocycles. The van der Waals surface area contributed by atoms with Crippen molar-refractivity contribution in [2.45, 2.75) is 5.16 Å². The average molecular weight is 428 g/mol. The van der Waals surface area contributed by atoms with E-state index >= 15 is 0 Å². The highest BCUT2D eigenvalue weighted by Crippen LogP contribution is 2.31. The molecule has 0 aliphatic carbocycles. The first-order valence-corrected chi connectivity index (χ1v) is 10.8. The Morgan fingerprint density at radius 2 is 1.69 bits per heavy atom. The fourth-order valence-corrected chi connectivity index (χ4v) is 4.34. The van der Waals surface area contributed by atoms with Crippen LogP contribution in [0, 0.1) is 0 Å². The van der Waals surface area contributed by atoms with Crippen LogP contribution in [-0.2, 0) is 4.79 Å². The topological polar surface area (TPSA) is 54.3 Å². The number of halogens is 1. The molecule has 0 radical (unpaired) electrons. The summed E-state index contributed by atoms with van der Waals surface area (Å²) in [6.07, 6.45) is 0. The number of benzene rings is 2. The van der Waals surface area contributed by atoms with E-state index < -0.39 is 0 Å². The van der Waals surface area contributed by atoms with Gasteiger partial charge in [-0.05, 0) is 31.3 Å². The van der Waals surface area contributed by atoms with Crippen molar-refractivity contribution in [2.75, 3.05) is 39.0 Å². The van der Waals surface area contributed by atoms with Crippen LogP contribution in [0.25, 0.3) is 17.1 Å². The number of thioether (sulfide) groups is 1. The smallest absolute Gasteiger partial charge is 0.233 e. The Kier molecular flexibility index (Phi) is 6.18. The number of hydrogen-bond acceptors (Lipinski definition) is 5. The maximum absolute atomic E-state index is 12.7. The zero-order valence-corrected chi connectivity index (χ0v) is 17.7. The Morgan fingerprint density at radius 3 is 2.41 bits per heavy atom. The maximum atomic E-state index is 12.7. The highest BCUT2D eigenvalue weighted by molar-refractivity contribution is 7.99. The number of hydrogen-bond donors (Lipinski definition) is 0. The van der Waals surface area contributed by atoms with Crippen molar-refractivity contribution in [1.29, 1.82) is 0 Å². The summed E-state index contributed by atoms with van der Waals surface area (Å²) in [4.78, 5) is 16.8. The number of piperazine rings is 1. The Balaban J connectivity index is 1.60. The van der Waals surface area contributed by atoms with Crippen LogP contribution < -0.4 is 0 Å². The molecule has 2 heterocycles. The van der Waals surface area contributed by atoms with Crippen LogP contribution in [0.1, 0.15) is 0 Å². The highest BCUT2D eigenvalue weighted by Gasteiger charge is 2.22. The molecule has 29 heavy (non-hydrogen) atoms. The van der Waals surface area contributed by atoms with Crippen LogP contribution in [0.15, 0.2) is 59.8 Å². The van der Waals surface area contributed by atoms with Crippen LogP contribution in [0.3, 0.4) is 0 Å². The van der Waals surface area contributed by atoms with Gasteiger partial charge in [0.1, 0.15) is 0 Å². The standard InChI is InChI=1S/C21H22ClN5OS/c1-25-11-13-26(14-12-25)19(28)15-29-21-24-23-20(17-9-5-6-10-18(17)22)27(21)16-7-3-2-4-8-16/h2-10H,11-15H2,1H3. The monoisotopic (exact) mass is 427 g/mol. The number of carbonyl (C=O) groups is 1. The fraction of sp³-hybridized carbons (Fsp3) is 0.286. The van der Waals surface area contributed by atoms with E-state index in [9.17, 15) is 4.79 Å².